The van der Waals surface area contributed by atoms with Crippen LogP contribution in [0, 0.1) is 10.8 Å². The number of carbonyl (C=O) groups excluding carboxylic acids is 2. The molecule has 0 radical (unpaired) electrons. The third-order valence-corrected chi connectivity index (χ3v) is 4.51. The van der Waals surface area contributed by atoms with Crippen LogP contribution >= 0.6 is 0 Å². The van der Waals surface area contributed by atoms with Crippen molar-refractivity contribution in [3.8, 4) is 0 Å². The first-order valence-corrected chi connectivity index (χ1v) is 9.71. The van der Waals surface area contributed by atoms with E-state index in [1.54, 1.807) is 13.8 Å². The van der Waals surface area contributed by atoms with Gasteiger partial charge in [-0.15, -0.1) is 0 Å². The van der Waals surface area contributed by atoms with Gasteiger partial charge in [0.05, 0.1) is 26.4 Å². The van der Waals surface area contributed by atoms with E-state index in [2.05, 4.69) is 27.0 Å². The second-order valence-corrected chi connectivity index (χ2v) is 8.33. The minimum Gasteiger partial charge on any atom is -0.462 e. The largest absolute Gasteiger partial charge is 0.462 e. The molecule has 0 aromatic heterocycles. The number of rotatable bonds is 14. The molecule has 0 aromatic rings. The minimum absolute atomic E-state index is 0.217. The summed E-state index contributed by atoms with van der Waals surface area (Å²) >= 11 is 0. The molecule has 0 saturated carbocycles. The SMILES string of the molecule is C=C(C)C(=O)OCC(C)(C)COCC(CC)(CCCC)COC(=O)C(=C)C. The van der Waals surface area contributed by atoms with Crippen LogP contribution in [0.15, 0.2) is 24.3 Å². The molecule has 0 aliphatic carbocycles. The third kappa shape index (κ3) is 10.3. The van der Waals surface area contributed by atoms with Crippen LogP contribution in [-0.4, -0.2) is 38.4 Å². The molecular weight excluding hydrogens is 344 g/mol. The summed E-state index contributed by atoms with van der Waals surface area (Å²) in [5.74, 6) is -0.753. The highest BCUT2D eigenvalue weighted by atomic mass is 16.5. The number of esters is 2. The molecule has 5 nitrogen and oxygen atoms in total. The summed E-state index contributed by atoms with van der Waals surface area (Å²) in [5, 5.41) is 0. The van der Waals surface area contributed by atoms with Crippen molar-refractivity contribution in [3.05, 3.63) is 24.3 Å². The molecule has 0 rings (SSSR count). The smallest absolute Gasteiger partial charge is 0.333 e. The molecule has 0 saturated heterocycles. The summed E-state index contributed by atoms with van der Waals surface area (Å²) < 4.78 is 16.7. The third-order valence-electron chi connectivity index (χ3n) is 4.51. The van der Waals surface area contributed by atoms with Gasteiger partial charge in [0.1, 0.15) is 0 Å². The molecule has 1 atom stereocenters. The quantitative estimate of drug-likeness (QED) is 0.317. The van der Waals surface area contributed by atoms with E-state index < -0.39 is 0 Å². The zero-order valence-corrected chi connectivity index (χ0v) is 18.1. The summed E-state index contributed by atoms with van der Waals surface area (Å²) in [7, 11) is 0. The molecule has 0 fully saturated rings. The molecule has 0 aliphatic heterocycles. The van der Waals surface area contributed by atoms with Crippen LogP contribution in [0.1, 0.15) is 67.2 Å². The van der Waals surface area contributed by atoms with Crippen LogP contribution in [0.25, 0.3) is 0 Å². The Morgan fingerprint density at radius 3 is 1.81 bits per heavy atom. The Balaban J connectivity index is 4.77. The van der Waals surface area contributed by atoms with Gasteiger partial charge >= 0.3 is 11.9 Å². The highest BCUT2D eigenvalue weighted by Gasteiger charge is 2.31. The van der Waals surface area contributed by atoms with Crippen LogP contribution < -0.4 is 0 Å². The average molecular weight is 383 g/mol. The van der Waals surface area contributed by atoms with Gasteiger partial charge in [-0.1, -0.05) is 53.7 Å². The summed E-state index contributed by atoms with van der Waals surface area (Å²) in [4.78, 5) is 23.4. The first kappa shape index (κ1) is 25.4. The average Bonchev–Trinajstić information content (AvgIpc) is 2.61. The predicted octanol–water partition coefficient (Wildman–Crippen LogP) is 4.85. The molecule has 0 spiro atoms. The Bertz CT molecular complexity index is 521. The molecule has 0 aliphatic rings. The Morgan fingerprint density at radius 1 is 0.852 bits per heavy atom. The molecule has 27 heavy (non-hydrogen) atoms. The van der Waals surface area contributed by atoms with Crippen LogP contribution in [0.3, 0.4) is 0 Å². The van der Waals surface area contributed by atoms with Crippen LogP contribution in [0.2, 0.25) is 0 Å². The van der Waals surface area contributed by atoms with E-state index in [-0.39, 0.29) is 29.4 Å². The molecule has 156 valence electrons. The second kappa shape index (κ2) is 12.0. The lowest BCUT2D eigenvalue weighted by atomic mass is 9.81. The van der Waals surface area contributed by atoms with Crippen molar-refractivity contribution in [1.82, 2.24) is 0 Å². The lowest BCUT2D eigenvalue weighted by Crippen LogP contribution is -2.36. The molecule has 1 unspecified atom stereocenters. The van der Waals surface area contributed by atoms with Gasteiger partial charge in [0.25, 0.3) is 0 Å². The van der Waals surface area contributed by atoms with Gasteiger partial charge in [-0.3, -0.25) is 0 Å². The monoisotopic (exact) mass is 382 g/mol. The fraction of sp³-hybridized carbons (Fsp3) is 0.727. The van der Waals surface area contributed by atoms with E-state index in [0.717, 1.165) is 25.7 Å². The maximum atomic E-state index is 11.8. The van der Waals surface area contributed by atoms with Gasteiger partial charge in [0.2, 0.25) is 0 Å². The normalized spacial score (nSPS) is 13.6. The van der Waals surface area contributed by atoms with E-state index >= 15 is 0 Å². The standard InChI is InChI=1S/C22H38O5/c1-9-11-12-22(10-2,16-27-20(24)18(5)6)15-25-13-21(7,8)14-26-19(23)17(3)4/h3,5,9-16H2,1-2,4,6-8H3. The Kier molecular flexibility index (Phi) is 11.2. The fourth-order valence-electron chi connectivity index (χ4n) is 2.43. The van der Waals surface area contributed by atoms with Crippen LogP contribution in [-0.2, 0) is 23.8 Å². The molecule has 5 heteroatoms. The number of hydrogen-bond acceptors (Lipinski definition) is 5. The maximum Gasteiger partial charge on any atom is 0.333 e. The highest BCUT2D eigenvalue weighted by molar-refractivity contribution is 5.87. The molecule has 0 amide bonds. The zero-order chi connectivity index (χ0) is 21.1. The van der Waals surface area contributed by atoms with Gasteiger partial charge in [0, 0.05) is 22.0 Å². The number of carbonyl (C=O) groups is 2. The Labute approximate surface area is 165 Å². The van der Waals surface area contributed by atoms with E-state index in [4.69, 9.17) is 14.2 Å². The minimum atomic E-state index is -0.388. The molecule has 0 N–H and O–H groups in total. The zero-order valence-electron chi connectivity index (χ0n) is 18.1. The van der Waals surface area contributed by atoms with E-state index in [1.165, 1.54) is 0 Å². The molecule has 0 aromatic carbocycles. The first-order chi connectivity index (χ1) is 12.5. The van der Waals surface area contributed by atoms with Crippen molar-refractivity contribution in [1.29, 1.82) is 0 Å². The summed E-state index contributed by atoms with van der Waals surface area (Å²) in [6, 6.07) is 0. The van der Waals surface area contributed by atoms with Gasteiger partial charge in [0.15, 0.2) is 0 Å². The summed E-state index contributed by atoms with van der Waals surface area (Å²) in [6.45, 7) is 20.2. The van der Waals surface area contributed by atoms with E-state index in [9.17, 15) is 9.59 Å². The van der Waals surface area contributed by atoms with Gasteiger partial charge in [-0.25, -0.2) is 9.59 Å². The van der Waals surface area contributed by atoms with E-state index in [0.29, 0.717) is 31.0 Å². The Morgan fingerprint density at radius 2 is 1.37 bits per heavy atom. The summed E-state index contributed by atoms with van der Waals surface area (Å²) in [6.07, 6.45) is 3.88. The van der Waals surface area contributed by atoms with Crippen molar-refractivity contribution < 1.29 is 23.8 Å². The number of hydrogen-bond donors (Lipinski definition) is 0. The lowest BCUT2D eigenvalue weighted by Gasteiger charge is -2.34. The van der Waals surface area contributed by atoms with Crippen molar-refractivity contribution in [2.45, 2.75) is 67.2 Å². The van der Waals surface area contributed by atoms with Crippen molar-refractivity contribution in [2.75, 3.05) is 26.4 Å². The maximum absolute atomic E-state index is 11.8. The van der Waals surface area contributed by atoms with Crippen LogP contribution in [0.4, 0.5) is 0 Å². The summed E-state index contributed by atoms with van der Waals surface area (Å²) in [5.41, 5.74) is 0.252. The van der Waals surface area contributed by atoms with Crippen molar-refractivity contribution >= 4 is 11.9 Å². The van der Waals surface area contributed by atoms with Crippen molar-refractivity contribution in [3.63, 3.8) is 0 Å². The number of ether oxygens (including phenoxy) is 3. The predicted molar refractivity (Wildman–Crippen MR) is 108 cm³/mol. The van der Waals surface area contributed by atoms with Gasteiger partial charge in [-0.05, 0) is 26.7 Å². The molecule has 0 heterocycles. The van der Waals surface area contributed by atoms with Crippen molar-refractivity contribution in [2.24, 2.45) is 10.8 Å². The second-order valence-electron chi connectivity index (χ2n) is 8.33. The fourth-order valence-corrected chi connectivity index (χ4v) is 2.43. The Hall–Kier alpha value is -1.62. The van der Waals surface area contributed by atoms with E-state index in [1.807, 2.05) is 13.8 Å². The lowest BCUT2D eigenvalue weighted by molar-refractivity contribution is -0.146. The highest BCUT2D eigenvalue weighted by Crippen LogP contribution is 2.31. The molecular formula is C22H38O5. The molecule has 0 bridgehead atoms. The van der Waals surface area contributed by atoms with Gasteiger partial charge in [-0.2, -0.15) is 0 Å². The van der Waals surface area contributed by atoms with Crippen LogP contribution in [0.5, 0.6) is 0 Å². The van der Waals surface area contributed by atoms with Gasteiger partial charge < -0.3 is 14.2 Å². The first-order valence-electron chi connectivity index (χ1n) is 9.71. The number of unbranched alkanes of at least 4 members (excludes halogenated alkanes) is 1. The topological polar surface area (TPSA) is 61.8 Å².